The number of carbonyl (C=O) groups excluding carboxylic acids is 1. The minimum atomic E-state index is -0.210. The van der Waals surface area contributed by atoms with Crippen molar-refractivity contribution in [2.75, 3.05) is 17.2 Å². The molecule has 26 heavy (non-hydrogen) atoms. The molecular formula is C19H22BrIN4O. The number of rotatable bonds is 4. The normalized spacial score (nSPS) is 13.3. The molecule has 0 fully saturated rings. The molecule has 0 atom stereocenters. The van der Waals surface area contributed by atoms with Crippen molar-refractivity contribution in [2.45, 2.75) is 25.7 Å². The van der Waals surface area contributed by atoms with Crippen LogP contribution in [0.15, 0.2) is 51.9 Å². The van der Waals surface area contributed by atoms with Gasteiger partial charge >= 0.3 is 0 Å². The first-order valence-corrected chi connectivity index (χ1v) is 9.14. The van der Waals surface area contributed by atoms with Crippen LogP contribution in [0.25, 0.3) is 0 Å². The summed E-state index contributed by atoms with van der Waals surface area (Å²) >= 11 is 3.37. The van der Waals surface area contributed by atoms with Crippen molar-refractivity contribution in [1.29, 1.82) is 0 Å². The van der Waals surface area contributed by atoms with Crippen molar-refractivity contribution in [2.24, 2.45) is 10.7 Å². The summed E-state index contributed by atoms with van der Waals surface area (Å²) in [6, 6.07) is 13.6. The number of hydrogen-bond donors (Lipinski definition) is 3. The van der Waals surface area contributed by atoms with E-state index in [0.717, 1.165) is 28.7 Å². The predicted octanol–water partition coefficient (Wildman–Crippen LogP) is 4.31. The van der Waals surface area contributed by atoms with Gasteiger partial charge in [0.25, 0.3) is 0 Å². The number of halogens is 2. The molecule has 3 rings (SSSR count). The summed E-state index contributed by atoms with van der Waals surface area (Å²) in [6.07, 6.45) is 4.58. The molecule has 0 saturated carbocycles. The Morgan fingerprint density at radius 1 is 1.12 bits per heavy atom. The summed E-state index contributed by atoms with van der Waals surface area (Å²) in [5.74, 6) is 0.0429. The molecule has 2 aromatic carbocycles. The number of aliphatic imine (C=N–C) groups is 1. The minimum absolute atomic E-state index is 0. The fourth-order valence-corrected chi connectivity index (χ4v) is 3.40. The van der Waals surface area contributed by atoms with Crippen molar-refractivity contribution < 1.29 is 4.79 Å². The van der Waals surface area contributed by atoms with Crippen LogP contribution in [-0.4, -0.2) is 18.4 Å². The van der Waals surface area contributed by atoms with E-state index in [1.807, 2.05) is 36.4 Å². The zero-order chi connectivity index (χ0) is 17.6. The quantitative estimate of drug-likeness (QED) is 0.314. The summed E-state index contributed by atoms with van der Waals surface area (Å²) in [4.78, 5) is 16.1. The third-order valence-electron chi connectivity index (χ3n) is 4.16. The Hall–Kier alpha value is -1.61. The summed E-state index contributed by atoms with van der Waals surface area (Å²) in [5, 5.41) is 5.93. The number of guanidine groups is 1. The highest BCUT2D eigenvalue weighted by Gasteiger charge is 2.13. The predicted molar refractivity (Wildman–Crippen MR) is 121 cm³/mol. The van der Waals surface area contributed by atoms with Gasteiger partial charge in [0, 0.05) is 15.8 Å². The maximum Gasteiger partial charge on any atom is 0.246 e. The number of aryl methyl sites for hydroxylation is 1. The molecule has 1 amide bonds. The van der Waals surface area contributed by atoms with Crippen LogP contribution < -0.4 is 16.4 Å². The molecule has 138 valence electrons. The van der Waals surface area contributed by atoms with E-state index in [0.29, 0.717) is 0 Å². The van der Waals surface area contributed by atoms with Crippen molar-refractivity contribution in [3.05, 3.63) is 58.1 Å². The van der Waals surface area contributed by atoms with Crippen LogP contribution in [0.4, 0.5) is 11.4 Å². The van der Waals surface area contributed by atoms with E-state index in [-0.39, 0.29) is 42.4 Å². The molecule has 2 aromatic rings. The summed E-state index contributed by atoms with van der Waals surface area (Å²) in [6.45, 7) is -0.0274. The van der Waals surface area contributed by atoms with E-state index in [2.05, 4.69) is 37.6 Å². The van der Waals surface area contributed by atoms with Crippen LogP contribution in [0.5, 0.6) is 0 Å². The first-order valence-electron chi connectivity index (χ1n) is 8.35. The summed E-state index contributed by atoms with van der Waals surface area (Å²) in [7, 11) is 0. The highest BCUT2D eigenvalue weighted by molar-refractivity contribution is 14.0. The van der Waals surface area contributed by atoms with E-state index >= 15 is 0 Å². The van der Waals surface area contributed by atoms with Gasteiger partial charge in [-0.1, -0.05) is 34.1 Å². The largest absolute Gasteiger partial charge is 0.370 e. The maximum atomic E-state index is 12.0. The lowest BCUT2D eigenvalue weighted by Crippen LogP contribution is -2.26. The van der Waals surface area contributed by atoms with Crippen LogP contribution in [0.3, 0.4) is 0 Å². The lowest BCUT2D eigenvalue weighted by molar-refractivity contribution is -0.114. The first-order chi connectivity index (χ1) is 12.1. The number of nitrogens with zero attached hydrogens (tertiary/aromatic N) is 1. The SMILES string of the molecule is I.NC(=NCC(=O)Nc1cccc(Br)c1)Nc1cccc2c1CCCC2. The van der Waals surface area contributed by atoms with Crippen molar-refractivity contribution in [3.63, 3.8) is 0 Å². The second-order valence-electron chi connectivity index (χ2n) is 6.04. The summed E-state index contributed by atoms with van der Waals surface area (Å²) < 4.78 is 0.906. The van der Waals surface area contributed by atoms with Gasteiger partial charge in [0.15, 0.2) is 5.96 Å². The molecule has 0 heterocycles. The average molecular weight is 529 g/mol. The number of fused-ring (bicyclic) bond motifs is 1. The molecule has 0 radical (unpaired) electrons. The maximum absolute atomic E-state index is 12.0. The fourth-order valence-electron chi connectivity index (χ4n) is 3.00. The van der Waals surface area contributed by atoms with Gasteiger partial charge in [0.1, 0.15) is 6.54 Å². The van der Waals surface area contributed by atoms with Crippen LogP contribution in [0.2, 0.25) is 0 Å². The number of benzene rings is 2. The molecule has 0 aliphatic heterocycles. The lowest BCUT2D eigenvalue weighted by Gasteiger charge is -2.19. The second kappa shape index (κ2) is 9.91. The third kappa shape index (κ3) is 5.70. The Kier molecular flexibility index (Phi) is 7.89. The standard InChI is InChI=1S/C19H21BrN4O.HI/c20-14-7-4-8-15(11-14)23-18(25)12-22-19(21)24-17-10-3-6-13-5-1-2-9-16(13)17;/h3-4,6-8,10-11H,1-2,5,9,12H2,(H,23,25)(H3,21,22,24);1H. The number of nitrogens with one attached hydrogen (secondary N) is 2. The van der Waals surface area contributed by atoms with Crippen LogP contribution in [0.1, 0.15) is 24.0 Å². The van der Waals surface area contributed by atoms with E-state index in [1.54, 1.807) is 0 Å². The smallest absolute Gasteiger partial charge is 0.246 e. The van der Waals surface area contributed by atoms with Gasteiger partial charge in [-0.2, -0.15) is 0 Å². The molecule has 0 unspecified atom stereocenters. The number of anilines is 2. The van der Waals surface area contributed by atoms with Crippen LogP contribution in [-0.2, 0) is 17.6 Å². The molecular weight excluding hydrogens is 507 g/mol. The van der Waals surface area contributed by atoms with Gasteiger partial charge in [0.05, 0.1) is 0 Å². The Labute approximate surface area is 179 Å². The number of nitrogens with two attached hydrogens (primary N) is 1. The first kappa shape index (κ1) is 20.7. The van der Waals surface area contributed by atoms with Crippen LogP contribution in [0, 0.1) is 0 Å². The number of carbonyl (C=O) groups is 1. The minimum Gasteiger partial charge on any atom is -0.370 e. The molecule has 7 heteroatoms. The Bertz CT molecular complexity index is 810. The number of amides is 1. The Morgan fingerprint density at radius 2 is 1.88 bits per heavy atom. The zero-order valence-corrected chi connectivity index (χ0v) is 18.2. The monoisotopic (exact) mass is 528 g/mol. The van der Waals surface area contributed by atoms with Crippen molar-refractivity contribution in [1.82, 2.24) is 0 Å². The zero-order valence-electron chi connectivity index (χ0n) is 14.3. The molecule has 0 bridgehead atoms. The van der Waals surface area contributed by atoms with Gasteiger partial charge in [-0.3, -0.25) is 4.79 Å². The Morgan fingerprint density at radius 3 is 2.69 bits per heavy atom. The average Bonchev–Trinajstić information content (AvgIpc) is 2.60. The molecule has 1 aliphatic rings. The fraction of sp³-hybridized carbons (Fsp3) is 0.263. The molecule has 4 N–H and O–H groups in total. The highest BCUT2D eigenvalue weighted by atomic mass is 127. The molecule has 5 nitrogen and oxygen atoms in total. The van der Waals surface area contributed by atoms with Crippen LogP contribution >= 0.6 is 39.9 Å². The van der Waals surface area contributed by atoms with E-state index in [1.165, 1.54) is 24.0 Å². The highest BCUT2D eigenvalue weighted by Crippen LogP contribution is 2.27. The Balaban J connectivity index is 0.00000243. The summed E-state index contributed by atoms with van der Waals surface area (Å²) in [5.41, 5.74) is 10.4. The van der Waals surface area contributed by atoms with Crippen molar-refractivity contribution in [3.8, 4) is 0 Å². The number of hydrogen-bond acceptors (Lipinski definition) is 2. The molecule has 0 aromatic heterocycles. The van der Waals surface area contributed by atoms with E-state index < -0.39 is 0 Å². The molecule has 0 spiro atoms. The second-order valence-corrected chi connectivity index (χ2v) is 6.95. The van der Waals surface area contributed by atoms with Gasteiger partial charge in [-0.25, -0.2) is 4.99 Å². The molecule has 1 aliphatic carbocycles. The topological polar surface area (TPSA) is 79.5 Å². The third-order valence-corrected chi connectivity index (χ3v) is 4.65. The van der Waals surface area contributed by atoms with Gasteiger partial charge in [0.2, 0.25) is 5.91 Å². The van der Waals surface area contributed by atoms with Gasteiger partial charge in [-0.05, 0) is 61.1 Å². The van der Waals surface area contributed by atoms with Gasteiger partial charge < -0.3 is 16.4 Å². The van der Waals surface area contributed by atoms with E-state index in [4.69, 9.17) is 5.73 Å². The van der Waals surface area contributed by atoms with E-state index in [9.17, 15) is 4.79 Å². The molecule has 0 saturated heterocycles. The van der Waals surface area contributed by atoms with Crippen molar-refractivity contribution >= 4 is 63.1 Å². The van der Waals surface area contributed by atoms with Gasteiger partial charge in [-0.15, -0.1) is 24.0 Å². The lowest BCUT2D eigenvalue weighted by atomic mass is 9.90.